The summed E-state index contributed by atoms with van der Waals surface area (Å²) in [5.41, 5.74) is 2.76. The van der Waals surface area contributed by atoms with Crippen molar-refractivity contribution in [3.63, 3.8) is 0 Å². The summed E-state index contributed by atoms with van der Waals surface area (Å²) in [7, 11) is 1.29. The van der Waals surface area contributed by atoms with E-state index in [-0.39, 0.29) is 11.8 Å². The number of nitriles is 2. The first-order valence-corrected chi connectivity index (χ1v) is 13.9. The van der Waals surface area contributed by atoms with Crippen molar-refractivity contribution >= 4 is 11.9 Å². The van der Waals surface area contributed by atoms with Crippen molar-refractivity contribution in [2.45, 2.75) is 44.8 Å². The van der Waals surface area contributed by atoms with Gasteiger partial charge in [0.15, 0.2) is 5.41 Å². The lowest BCUT2D eigenvalue weighted by atomic mass is 9.68. The molecule has 7 nitrogen and oxygen atoms in total. The van der Waals surface area contributed by atoms with E-state index >= 15 is 0 Å². The average Bonchev–Trinajstić information content (AvgIpc) is 3.59. The lowest BCUT2D eigenvalue weighted by Gasteiger charge is -2.33. The first kappa shape index (κ1) is 28.1. The van der Waals surface area contributed by atoms with E-state index in [1.165, 1.54) is 17.6 Å². The van der Waals surface area contributed by atoms with Gasteiger partial charge in [0, 0.05) is 19.0 Å². The molecule has 3 aromatic carbocycles. The maximum Gasteiger partial charge on any atom is 0.329 e. The number of ether oxygens (including phenoxy) is 1. The van der Waals surface area contributed by atoms with Gasteiger partial charge in [-0.3, -0.25) is 9.69 Å². The molecule has 4 atom stereocenters. The highest BCUT2D eigenvalue weighted by molar-refractivity contribution is 5.89. The van der Waals surface area contributed by atoms with E-state index in [1.807, 2.05) is 80.6 Å². The van der Waals surface area contributed by atoms with Gasteiger partial charge >= 0.3 is 5.97 Å². The Morgan fingerprint density at radius 2 is 1.49 bits per heavy atom. The molecule has 208 valence electrons. The van der Waals surface area contributed by atoms with E-state index in [1.54, 1.807) is 0 Å². The zero-order valence-electron chi connectivity index (χ0n) is 23.7. The summed E-state index contributed by atoms with van der Waals surface area (Å²) >= 11 is 0. The molecule has 2 aliphatic rings. The third-order valence-electron chi connectivity index (χ3n) is 8.58. The van der Waals surface area contributed by atoms with Crippen molar-refractivity contribution in [3.8, 4) is 12.1 Å². The van der Waals surface area contributed by atoms with Crippen molar-refractivity contribution in [1.82, 2.24) is 9.80 Å². The fraction of sp³-hybridized carbons (Fsp3) is 0.353. The normalized spacial score (nSPS) is 23.5. The van der Waals surface area contributed by atoms with Crippen LogP contribution in [-0.4, -0.2) is 47.9 Å². The summed E-state index contributed by atoms with van der Waals surface area (Å²) < 4.78 is 5.28. The van der Waals surface area contributed by atoms with Crippen LogP contribution in [0.1, 0.15) is 46.2 Å². The quantitative estimate of drug-likeness (QED) is 0.401. The van der Waals surface area contributed by atoms with Gasteiger partial charge in [-0.1, -0.05) is 90.0 Å². The zero-order chi connectivity index (χ0) is 29.1. The van der Waals surface area contributed by atoms with E-state index in [0.29, 0.717) is 24.1 Å². The molecular formula is C34H34N4O3. The Labute approximate surface area is 241 Å². The van der Waals surface area contributed by atoms with Crippen LogP contribution in [0.3, 0.4) is 0 Å². The molecular weight excluding hydrogens is 512 g/mol. The van der Waals surface area contributed by atoms with Crippen LogP contribution >= 0.6 is 0 Å². The Kier molecular flexibility index (Phi) is 7.92. The van der Waals surface area contributed by atoms with Crippen LogP contribution in [0.2, 0.25) is 0 Å². The Hall–Kier alpha value is -4.46. The molecule has 1 amide bonds. The summed E-state index contributed by atoms with van der Waals surface area (Å²) in [5, 5.41) is 21.5. The molecule has 0 aliphatic carbocycles. The molecule has 2 fully saturated rings. The molecule has 1 unspecified atom stereocenters. The molecule has 0 N–H and O–H groups in total. The minimum absolute atomic E-state index is 0.231. The largest absolute Gasteiger partial charge is 0.467 e. The standard InChI is InChI=1S/C34H34N4O3/c1-23-9-13-26(14-10-23)29-30(33(40)41-3)38(31(34(29,21-35)22-36)27-15-11-24(2)12-16-27)32(39)28-17-18-37(20-28)19-25-7-5-4-6-8-25/h4-16,28-31H,17-20H2,1-3H3/t28?,29-,30+,31-/m0/s1. The Bertz CT molecular complexity index is 1470. The number of benzene rings is 3. The first-order chi connectivity index (χ1) is 19.8. The topological polar surface area (TPSA) is 97.4 Å². The van der Waals surface area contributed by atoms with E-state index in [9.17, 15) is 20.1 Å². The summed E-state index contributed by atoms with van der Waals surface area (Å²) in [6.07, 6.45) is 0.623. The second-order valence-corrected chi connectivity index (χ2v) is 11.2. The number of hydrogen-bond acceptors (Lipinski definition) is 6. The number of carbonyl (C=O) groups excluding carboxylic acids is 2. The second-order valence-electron chi connectivity index (χ2n) is 11.2. The zero-order valence-corrected chi connectivity index (χ0v) is 23.7. The van der Waals surface area contributed by atoms with E-state index in [2.05, 4.69) is 29.2 Å². The van der Waals surface area contributed by atoms with Crippen molar-refractivity contribution in [3.05, 3.63) is 107 Å². The van der Waals surface area contributed by atoms with Crippen molar-refractivity contribution in [2.24, 2.45) is 11.3 Å². The van der Waals surface area contributed by atoms with Gasteiger partial charge in [0.25, 0.3) is 0 Å². The summed E-state index contributed by atoms with van der Waals surface area (Å²) in [4.78, 5) is 31.9. The van der Waals surface area contributed by atoms with Gasteiger partial charge in [0.1, 0.15) is 6.04 Å². The molecule has 41 heavy (non-hydrogen) atoms. The van der Waals surface area contributed by atoms with Gasteiger partial charge in [0.2, 0.25) is 5.91 Å². The van der Waals surface area contributed by atoms with Gasteiger partial charge < -0.3 is 9.64 Å². The molecule has 0 bridgehead atoms. The minimum Gasteiger partial charge on any atom is -0.467 e. The number of nitrogens with zero attached hydrogens (tertiary/aromatic N) is 4. The molecule has 3 aromatic rings. The number of aryl methyl sites for hydroxylation is 2. The van der Waals surface area contributed by atoms with Gasteiger partial charge in [-0.25, -0.2) is 4.79 Å². The third-order valence-corrected chi connectivity index (χ3v) is 8.58. The second kappa shape index (κ2) is 11.6. The van der Waals surface area contributed by atoms with Crippen LogP contribution in [0.5, 0.6) is 0 Å². The lowest BCUT2D eigenvalue weighted by molar-refractivity contribution is -0.154. The number of esters is 1. The lowest BCUT2D eigenvalue weighted by Crippen LogP contribution is -2.47. The molecule has 2 aliphatic heterocycles. The Morgan fingerprint density at radius 1 is 0.902 bits per heavy atom. The van der Waals surface area contributed by atoms with Gasteiger partial charge in [-0.2, -0.15) is 10.5 Å². The number of carbonyl (C=O) groups is 2. The van der Waals surface area contributed by atoms with Crippen molar-refractivity contribution < 1.29 is 14.3 Å². The monoisotopic (exact) mass is 546 g/mol. The minimum atomic E-state index is -1.72. The molecule has 0 spiro atoms. The van der Waals surface area contributed by atoms with Crippen LogP contribution < -0.4 is 0 Å². The highest BCUT2D eigenvalue weighted by atomic mass is 16.5. The van der Waals surface area contributed by atoms with Crippen molar-refractivity contribution in [1.29, 1.82) is 10.5 Å². The van der Waals surface area contributed by atoms with Crippen LogP contribution in [-0.2, 0) is 20.9 Å². The highest BCUT2D eigenvalue weighted by Crippen LogP contribution is 2.58. The van der Waals surface area contributed by atoms with E-state index in [0.717, 1.165) is 24.2 Å². The maximum absolute atomic E-state index is 14.6. The fourth-order valence-electron chi connectivity index (χ4n) is 6.50. The molecule has 0 saturated carbocycles. The Balaban J connectivity index is 1.61. The molecule has 0 aromatic heterocycles. The number of rotatable bonds is 6. The number of likely N-dealkylation sites (tertiary alicyclic amines) is 2. The average molecular weight is 547 g/mol. The number of methoxy groups -OCH3 is 1. The van der Waals surface area contributed by atoms with Crippen LogP contribution in [0, 0.1) is 47.8 Å². The highest BCUT2D eigenvalue weighted by Gasteiger charge is 2.66. The third kappa shape index (κ3) is 5.10. The Morgan fingerprint density at radius 3 is 2.05 bits per heavy atom. The smallest absolute Gasteiger partial charge is 0.329 e. The molecule has 2 heterocycles. The number of amides is 1. The molecule has 5 rings (SSSR count). The fourth-order valence-corrected chi connectivity index (χ4v) is 6.50. The summed E-state index contributed by atoms with van der Waals surface area (Å²) in [5.74, 6) is -2.15. The van der Waals surface area contributed by atoms with Gasteiger partial charge in [-0.05, 0) is 43.5 Å². The van der Waals surface area contributed by atoms with E-state index in [4.69, 9.17) is 4.74 Å². The van der Waals surface area contributed by atoms with Gasteiger partial charge in [-0.15, -0.1) is 0 Å². The number of hydrogen-bond donors (Lipinski definition) is 0. The molecule has 0 radical (unpaired) electrons. The molecule has 2 saturated heterocycles. The van der Waals surface area contributed by atoms with Crippen LogP contribution in [0.25, 0.3) is 0 Å². The van der Waals surface area contributed by atoms with E-state index < -0.39 is 29.4 Å². The first-order valence-electron chi connectivity index (χ1n) is 13.9. The predicted molar refractivity (Wildman–Crippen MR) is 154 cm³/mol. The van der Waals surface area contributed by atoms with Gasteiger partial charge in [0.05, 0.1) is 31.2 Å². The summed E-state index contributed by atoms with van der Waals surface area (Å²) in [6, 6.07) is 27.6. The van der Waals surface area contributed by atoms with Crippen LogP contribution in [0.4, 0.5) is 0 Å². The molecule has 7 heteroatoms. The SMILES string of the molecule is COC(=O)[C@H]1[C@H](c2ccc(C)cc2)C(C#N)(C#N)[C@H](c2ccc(C)cc2)N1C(=O)C1CCN(Cc2ccccc2)C1. The summed E-state index contributed by atoms with van der Waals surface area (Å²) in [6.45, 7) is 5.89. The predicted octanol–water partition coefficient (Wildman–Crippen LogP) is 5.07. The van der Waals surface area contributed by atoms with Crippen molar-refractivity contribution in [2.75, 3.05) is 20.2 Å². The van der Waals surface area contributed by atoms with Crippen LogP contribution in [0.15, 0.2) is 78.9 Å². The maximum atomic E-state index is 14.6.